The van der Waals surface area contributed by atoms with Gasteiger partial charge in [0.25, 0.3) is 0 Å². The molecule has 0 aromatic heterocycles. The Morgan fingerprint density at radius 2 is 1.55 bits per heavy atom. The first-order valence-electron chi connectivity index (χ1n) is 3.71. The van der Waals surface area contributed by atoms with Gasteiger partial charge in [-0.15, -0.1) is 0 Å². The fraction of sp³-hybridized carbons (Fsp3) is 1.00. The molecule has 0 bridgehead atoms. The number of halogens is 1. The van der Waals surface area contributed by atoms with Crippen LogP contribution in [0.4, 0.5) is 0 Å². The summed E-state index contributed by atoms with van der Waals surface area (Å²) >= 11 is 15.0. The molecule has 0 aliphatic carbocycles. The minimum Gasteiger partial charge on any atom is -0.0995 e. The maximum absolute atomic E-state index is 6.15. The van der Waals surface area contributed by atoms with Crippen LogP contribution in [0.2, 0.25) is 0 Å². The quantitative estimate of drug-likeness (QED) is 0.624. The summed E-state index contributed by atoms with van der Waals surface area (Å²) in [5, 5.41) is 0. The fourth-order valence-electron chi connectivity index (χ4n) is 0.438. The lowest BCUT2D eigenvalue weighted by Crippen LogP contribution is -1.72. The van der Waals surface area contributed by atoms with Crippen molar-refractivity contribution >= 4 is 49.6 Å². The second-order valence-corrected chi connectivity index (χ2v) is 16.2. The first-order valence-corrected chi connectivity index (χ1v) is 10.6. The van der Waals surface area contributed by atoms with Crippen molar-refractivity contribution in [3.05, 3.63) is 0 Å². The normalized spacial score (nSPS) is 11.9. The van der Waals surface area contributed by atoms with Gasteiger partial charge in [-0.3, -0.25) is 0 Å². The van der Waals surface area contributed by atoms with E-state index >= 15 is 0 Å². The van der Waals surface area contributed by atoms with Crippen molar-refractivity contribution in [2.24, 2.45) is 0 Å². The predicted molar refractivity (Wildman–Crippen MR) is 65.6 cm³/mol. The summed E-state index contributed by atoms with van der Waals surface area (Å²) in [5.41, 5.74) is 0. The zero-order valence-electron chi connectivity index (χ0n) is 6.88. The molecule has 0 fully saturated rings. The molecular formula is C6H14ClPS3. The van der Waals surface area contributed by atoms with E-state index in [0.29, 0.717) is 0 Å². The van der Waals surface area contributed by atoms with Gasteiger partial charge in [-0.1, -0.05) is 59.7 Å². The highest BCUT2D eigenvalue weighted by Gasteiger charge is 2.12. The largest absolute Gasteiger partial charge is 0.140 e. The van der Waals surface area contributed by atoms with Crippen molar-refractivity contribution in [2.75, 3.05) is 11.5 Å². The summed E-state index contributed by atoms with van der Waals surface area (Å²) in [7, 11) is 0. The van der Waals surface area contributed by atoms with E-state index in [0.717, 1.165) is 11.5 Å². The van der Waals surface area contributed by atoms with Crippen LogP contribution in [-0.4, -0.2) is 11.5 Å². The topological polar surface area (TPSA) is 0 Å². The lowest BCUT2D eigenvalue weighted by molar-refractivity contribution is 1.11. The second kappa shape index (κ2) is 7.08. The standard InChI is InChI=1S/C6H14ClPS3/c1-3-5-10-8(7,9)11-6-4-2/h3-6H2,1-2H3. The maximum Gasteiger partial charge on any atom is 0.140 e. The van der Waals surface area contributed by atoms with E-state index in [1.165, 1.54) is 12.8 Å². The number of hydrogen-bond donors (Lipinski definition) is 0. The second-order valence-electron chi connectivity index (χ2n) is 2.10. The molecule has 0 aromatic rings. The summed E-state index contributed by atoms with van der Waals surface area (Å²) in [6.07, 6.45) is 2.34. The Bertz CT molecular complexity index is 128. The van der Waals surface area contributed by atoms with Crippen LogP contribution in [0.15, 0.2) is 0 Å². The Morgan fingerprint density at radius 3 is 1.82 bits per heavy atom. The van der Waals surface area contributed by atoms with Crippen LogP contribution in [0.3, 0.4) is 0 Å². The molecule has 0 heterocycles. The minimum absolute atomic E-state index is 1.11. The van der Waals surface area contributed by atoms with Crippen LogP contribution < -0.4 is 0 Å². The maximum atomic E-state index is 6.15. The van der Waals surface area contributed by atoms with Crippen molar-refractivity contribution in [3.63, 3.8) is 0 Å². The summed E-state index contributed by atoms with van der Waals surface area (Å²) in [6, 6.07) is 0. The summed E-state index contributed by atoms with van der Waals surface area (Å²) in [4.78, 5) is 0. The molecule has 0 saturated carbocycles. The third-order valence-electron chi connectivity index (χ3n) is 0.899. The first kappa shape index (κ1) is 12.6. The van der Waals surface area contributed by atoms with Crippen molar-refractivity contribution < 1.29 is 0 Å². The molecular weight excluding hydrogens is 235 g/mol. The molecule has 0 aromatic carbocycles. The van der Waals surface area contributed by atoms with E-state index in [1.54, 1.807) is 22.8 Å². The Balaban J connectivity index is 3.53. The number of hydrogen-bond acceptors (Lipinski definition) is 3. The van der Waals surface area contributed by atoms with Gasteiger partial charge in [0.2, 0.25) is 0 Å². The van der Waals surface area contributed by atoms with Crippen LogP contribution in [-0.2, 0) is 11.8 Å². The van der Waals surface area contributed by atoms with Crippen molar-refractivity contribution in [3.8, 4) is 0 Å². The van der Waals surface area contributed by atoms with E-state index in [2.05, 4.69) is 13.8 Å². The van der Waals surface area contributed by atoms with E-state index in [4.69, 9.17) is 23.0 Å². The molecule has 5 heteroatoms. The van der Waals surface area contributed by atoms with Gasteiger partial charge < -0.3 is 0 Å². The molecule has 0 nitrogen and oxygen atoms in total. The zero-order valence-corrected chi connectivity index (χ0v) is 11.0. The van der Waals surface area contributed by atoms with E-state index in [-0.39, 0.29) is 0 Å². The molecule has 0 saturated heterocycles. The van der Waals surface area contributed by atoms with Gasteiger partial charge in [-0.25, -0.2) is 0 Å². The number of rotatable bonds is 6. The average molecular weight is 249 g/mol. The zero-order chi connectivity index (χ0) is 8.74. The first-order chi connectivity index (χ1) is 5.12. The molecule has 0 aliphatic heterocycles. The third kappa shape index (κ3) is 7.98. The highest BCUT2D eigenvalue weighted by Crippen LogP contribution is 2.73. The Hall–Kier alpha value is 1.64. The molecule has 0 rings (SSSR count). The van der Waals surface area contributed by atoms with Crippen molar-refractivity contribution in [2.45, 2.75) is 26.7 Å². The van der Waals surface area contributed by atoms with E-state index in [9.17, 15) is 0 Å². The molecule has 0 atom stereocenters. The minimum atomic E-state index is -1.59. The molecule has 0 amide bonds. The van der Waals surface area contributed by atoms with Gasteiger partial charge in [0, 0.05) is 0 Å². The summed E-state index contributed by atoms with van der Waals surface area (Å²) in [6.45, 7) is 4.31. The third-order valence-corrected chi connectivity index (χ3v) is 11.2. The Kier molecular flexibility index (Phi) is 8.14. The lowest BCUT2D eigenvalue weighted by Gasteiger charge is -2.10. The average Bonchev–Trinajstić information content (AvgIpc) is 1.97. The SMILES string of the molecule is CCCSP(=S)(Cl)SCCC. The highest BCUT2D eigenvalue weighted by molar-refractivity contribution is 9.06. The monoisotopic (exact) mass is 248 g/mol. The molecule has 0 aliphatic rings. The Morgan fingerprint density at radius 1 is 1.18 bits per heavy atom. The molecule has 11 heavy (non-hydrogen) atoms. The van der Waals surface area contributed by atoms with Gasteiger partial charge in [-0.2, -0.15) is 0 Å². The predicted octanol–water partition coefficient (Wildman–Crippen LogP) is 4.74. The lowest BCUT2D eigenvalue weighted by atomic mass is 10.6. The molecule has 0 unspecified atom stereocenters. The van der Waals surface area contributed by atoms with Gasteiger partial charge in [0.05, 0.1) is 0 Å². The Labute approximate surface area is 87.5 Å². The van der Waals surface area contributed by atoms with Crippen LogP contribution in [0, 0.1) is 0 Å². The van der Waals surface area contributed by atoms with Gasteiger partial charge in [0.15, 0.2) is 0 Å². The van der Waals surface area contributed by atoms with Gasteiger partial charge in [-0.05, 0) is 24.3 Å². The summed E-state index contributed by atoms with van der Waals surface area (Å²) < 4.78 is -1.59. The van der Waals surface area contributed by atoms with E-state index in [1.807, 2.05) is 0 Å². The molecule has 0 spiro atoms. The van der Waals surface area contributed by atoms with Crippen molar-refractivity contribution in [1.82, 2.24) is 0 Å². The van der Waals surface area contributed by atoms with Gasteiger partial charge in [0.1, 0.15) is 3.79 Å². The summed E-state index contributed by atoms with van der Waals surface area (Å²) in [5.74, 6) is 2.22. The van der Waals surface area contributed by atoms with Crippen LogP contribution in [0.5, 0.6) is 0 Å². The fourth-order valence-corrected chi connectivity index (χ4v) is 8.54. The van der Waals surface area contributed by atoms with Crippen LogP contribution >= 0.6 is 37.8 Å². The van der Waals surface area contributed by atoms with Crippen LogP contribution in [0.25, 0.3) is 0 Å². The molecule has 0 N–H and O–H groups in total. The molecule has 68 valence electrons. The smallest absolute Gasteiger partial charge is 0.0995 e. The van der Waals surface area contributed by atoms with Crippen molar-refractivity contribution in [1.29, 1.82) is 0 Å². The van der Waals surface area contributed by atoms with E-state index < -0.39 is 3.79 Å². The van der Waals surface area contributed by atoms with Gasteiger partial charge >= 0.3 is 0 Å². The molecule has 0 radical (unpaired) electrons. The highest BCUT2D eigenvalue weighted by atomic mass is 35.7. The van der Waals surface area contributed by atoms with Crippen LogP contribution in [0.1, 0.15) is 26.7 Å².